The van der Waals surface area contributed by atoms with Gasteiger partial charge in [-0.25, -0.2) is 0 Å². The molecule has 0 spiro atoms. The molecule has 0 aliphatic rings. The van der Waals surface area contributed by atoms with Crippen LogP contribution in [0.25, 0.3) is 0 Å². The number of hydrogen-bond acceptors (Lipinski definition) is 4. The number of hydrogen-bond donors (Lipinski definition) is 2. The molecule has 5 heteroatoms. The molecule has 2 unspecified atom stereocenters. The summed E-state index contributed by atoms with van der Waals surface area (Å²) in [5.74, 6) is 1.42. The Kier molecular flexibility index (Phi) is 6.70. The van der Waals surface area contributed by atoms with Crippen molar-refractivity contribution in [1.29, 1.82) is 0 Å². The van der Waals surface area contributed by atoms with Crippen LogP contribution >= 0.6 is 0 Å². The highest BCUT2D eigenvalue weighted by atomic mass is 32.2. The van der Waals surface area contributed by atoms with E-state index in [9.17, 15) is 4.21 Å². The SMILES string of the molecule is CCCOc1cccc(NC(C)CCS(C)=O)c1N. The van der Waals surface area contributed by atoms with Gasteiger partial charge in [-0.1, -0.05) is 13.0 Å². The van der Waals surface area contributed by atoms with E-state index >= 15 is 0 Å². The summed E-state index contributed by atoms with van der Waals surface area (Å²) >= 11 is 0. The zero-order valence-electron chi connectivity index (χ0n) is 11.9. The largest absolute Gasteiger partial charge is 0.491 e. The second kappa shape index (κ2) is 8.04. The van der Waals surface area contributed by atoms with Gasteiger partial charge in [0.15, 0.2) is 0 Å². The van der Waals surface area contributed by atoms with Crippen LogP contribution in [0.1, 0.15) is 26.7 Å². The Labute approximate surface area is 118 Å². The smallest absolute Gasteiger partial charge is 0.144 e. The highest BCUT2D eigenvalue weighted by Gasteiger charge is 2.09. The van der Waals surface area contributed by atoms with Gasteiger partial charge in [-0.15, -0.1) is 0 Å². The maximum atomic E-state index is 11.1. The second-order valence-corrected chi connectivity index (χ2v) is 6.23. The van der Waals surface area contributed by atoms with Crippen LogP contribution in [-0.4, -0.2) is 28.9 Å². The molecule has 1 aromatic carbocycles. The lowest BCUT2D eigenvalue weighted by Crippen LogP contribution is -2.18. The van der Waals surface area contributed by atoms with Gasteiger partial charge in [-0.3, -0.25) is 4.21 Å². The fraction of sp³-hybridized carbons (Fsp3) is 0.571. The average molecular weight is 284 g/mol. The topological polar surface area (TPSA) is 64.3 Å². The number of para-hydroxylation sites is 1. The number of rotatable bonds is 8. The number of nitrogens with one attached hydrogen (secondary N) is 1. The summed E-state index contributed by atoms with van der Waals surface area (Å²) in [5.41, 5.74) is 7.60. The van der Waals surface area contributed by atoms with Gasteiger partial charge in [0.1, 0.15) is 5.75 Å². The third-order valence-electron chi connectivity index (χ3n) is 2.77. The fourth-order valence-corrected chi connectivity index (χ4v) is 2.37. The molecule has 0 saturated heterocycles. The Morgan fingerprint density at radius 2 is 2.21 bits per heavy atom. The van der Waals surface area contributed by atoms with E-state index in [1.54, 1.807) is 6.26 Å². The van der Waals surface area contributed by atoms with E-state index in [1.165, 1.54) is 0 Å². The highest BCUT2D eigenvalue weighted by Crippen LogP contribution is 2.30. The average Bonchev–Trinajstić information content (AvgIpc) is 2.37. The van der Waals surface area contributed by atoms with Gasteiger partial charge in [0, 0.05) is 28.9 Å². The van der Waals surface area contributed by atoms with Gasteiger partial charge in [0.25, 0.3) is 0 Å². The van der Waals surface area contributed by atoms with Crippen molar-refractivity contribution in [3.8, 4) is 5.75 Å². The molecule has 0 saturated carbocycles. The van der Waals surface area contributed by atoms with E-state index in [0.29, 0.717) is 18.0 Å². The minimum atomic E-state index is -0.754. The molecule has 0 heterocycles. The quantitative estimate of drug-likeness (QED) is 0.720. The number of nitrogen functional groups attached to an aromatic ring is 1. The first-order valence-electron chi connectivity index (χ1n) is 6.62. The summed E-state index contributed by atoms with van der Waals surface area (Å²) in [6, 6.07) is 5.97. The molecule has 0 fully saturated rings. The van der Waals surface area contributed by atoms with Crippen LogP contribution in [0.3, 0.4) is 0 Å². The molecule has 3 N–H and O–H groups in total. The third kappa shape index (κ3) is 5.51. The van der Waals surface area contributed by atoms with Crippen LogP contribution in [0, 0.1) is 0 Å². The van der Waals surface area contributed by atoms with Crippen molar-refractivity contribution < 1.29 is 8.95 Å². The van der Waals surface area contributed by atoms with Crippen molar-refractivity contribution in [2.24, 2.45) is 0 Å². The van der Waals surface area contributed by atoms with Gasteiger partial charge >= 0.3 is 0 Å². The molecule has 1 rings (SSSR count). The molecule has 108 valence electrons. The Morgan fingerprint density at radius 1 is 1.47 bits per heavy atom. The van der Waals surface area contributed by atoms with E-state index in [2.05, 4.69) is 19.2 Å². The molecule has 0 amide bonds. The standard InChI is InChI=1S/C14H24N2O2S/c1-4-9-18-13-7-5-6-12(14(13)15)16-11(2)8-10-19(3)17/h5-7,11,16H,4,8-10,15H2,1-3H3. The normalized spacial score (nSPS) is 13.8. The van der Waals surface area contributed by atoms with E-state index in [4.69, 9.17) is 10.5 Å². The number of benzene rings is 1. The predicted octanol–water partition coefficient (Wildman–Crippen LogP) is 2.63. The third-order valence-corrected chi connectivity index (χ3v) is 3.58. The van der Waals surface area contributed by atoms with Crippen LogP contribution < -0.4 is 15.8 Å². The number of ether oxygens (including phenoxy) is 1. The monoisotopic (exact) mass is 284 g/mol. The number of nitrogens with two attached hydrogens (primary N) is 1. The molecule has 2 atom stereocenters. The molecular weight excluding hydrogens is 260 g/mol. The Bertz CT molecular complexity index is 424. The zero-order chi connectivity index (χ0) is 14.3. The summed E-state index contributed by atoms with van der Waals surface area (Å²) < 4.78 is 16.7. The molecule has 0 bridgehead atoms. The van der Waals surface area contributed by atoms with Crippen molar-refractivity contribution in [3.05, 3.63) is 18.2 Å². The van der Waals surface area contributed by atoms with Gasteiger partial charge < -0.3 is 15.8 Å². The molecule has 4 nitrogen and oxygen atoms in total. The van der Waals surface area contributed by atoms with E-state index in [-0.39, 0.29) is 6.04 Å². The lowest BCUT2D eigenvalue weighted by molar-refractivity contribution is 0.319. The van der Waals surface area contributed by atoms with Crippen LogP contribution in [-0.2, 0) is 10.8 Å². The summed E-state index contributed by atoms with van der Waals surface area (Å²) in [4.78, 5) is 0. The lowest BCUT2D eigenvalue weighted by atomic mass is 10.2. The summed E-state index contributed by atoms with van der Waals surface area (Å²) in [6.07, 6.45) is 3.53. The molecule has 0 aliphatic carbocycles. The maximum Gasteiger partial charge on any atom is 0.144 e. The number of anilines is 2. The van der Waals surface area contributed by atoms with E-state index in [1.807, 2.05) is 18.2 Å². The molecule has 1 aromatic rings. The Balaban J connectivity index is 2.64. The van der Waals surface area contributed by atoms with Crippen molar-refractivity contribution in [1.82, 2.24) is 0 Å². The van der Waals surface area contributed by atoms with Crippen molar-refractivity contribution in [2.75, 3.05) is 29.7 Å². The Morgan fingerprint density at radius 3 is 2.84 bits per heavy atom. The molecule has 0 aromatic heterocycles. The van der Waals surface area contributed by atoms with E-state index < -0.39 is 10.8 Å². The lowest BCUT2D eigenvalue weighted by Gasteiger charge is -2.18. The summed E-state index contributed by atoms with van der Waals surface area (Å²) in [7, 11) is -0.754. The molecular formula is C14H24N2O2S. The van der Waals surface area contributed by atoms with Gasteiger partial charge in [0.2, 0.25) is 0 Å². The van der Waals surface area contributed by atoms with Crippen LogP contribution in [0.4, 0.5) is 11.4 Å². The first-order chi connectivity index (χ1) is 9.04. The maximum absolute atomic E-state index is 11.1. The van der Waals surface area contributed by atoms with Crippen molar-refractivity contribution >= 4 is 22.2 Å². The first kappa shape index (κ1) is 15.8. The molecule has 0 aliphatic heterocycles. The van der Waals surface area contributed by atoms with Crippen LogP contribution in [0.15, 0.2) is 18.2 Å². The van der Waals surface area contributed by atoms with Crippen LogP contribution in [0.2, 0.25) is 0 Å². The first-order valence-corrected chi connectivity index (χ1v) is 8.35. The van der Waals surface area contributed by atoms with Crippen molar-refractivity contribution in [3.63, 3.8) is 0 Å². The van der Waals surface area contributed by atoms with Gasteiger partial charge in [-0.05, 0) is 31.9 Å². The highest BCUT2D eigenvalue weighted by molar-refractivity contribution is 7.84. The Hall–Kier alpha value is -1.23. The van der Waals surface area contributed by atoms with Gasteiger partial charge in [0.05, 0.1) is 18.0 Å². The predicted molar refractivity (Wildman–Crippen MR) is 83.3 cm³/mol. The second-order valence-electron chi connectivity index (χ2n) is 4.68. The van der Waals surface area contributed by atoms with Crippen LogP contribution in [0.5, 0.6) is 5.75 Å². The summed E-state index contributed by atoms with van der Waals surface area (Å²) in [6.45, 7) is 4.79. The minimum absolute atomic E-state index is 0.229. The zero-order valence-corrected chi connectivity index (χ0v) is 12.8. The van der Waals surface area contributed by atoms with E-state index in [0.717, 1.165) is 24.3 Å². The molecule has 19 heavy (non-hydrogen) atoms. The minimum Gasteiger partial charge on any atom is -0.491 e. The fourth-order valence-electron chi connectivity index (χ4n) is 1.69. The van der Waals surface area contributed by atoms with Gasteiger partial charge in [-0.2, -0.15) is 0 Å². The summed E-state index contributed by atoms with van der Waals surface area (Å²) in [5, 5.41) is 3.34. The molecule has 0 radical (unpaired) electrons. The van der Waals surface area contributed by atoms with Crippen molar-refractivity contribution in [2.45, 2.75) is 32.7 Å².